The predicted molar refractivity (Wildman–Crippen MR) is 95.3 cm³/mol. The van der Waals surface area contributed by atoms with Gasteiger partial charge in [-0.15, -0.1) is 0 Å². The minimum atomic E-state index is 0.272. The maximum atomic E-state index is 4.00. The summed E-state index contributed by atoms with van der Waals surface area (Å²) in [5, 5.41) is 0. The van der Waals surface area contributed by atoms with Gasteiger partial charge in [0, 0.05) is 4.83 Å². The van der Waals surface area contributed by atoms with Crippen LogP contribution in [0.15, 0.2) is 24.3 Å². The van der Waals surface area contributed by atoms with E-state index in [2.05, 4.69) is 61.0 Å². The number of halogens is 1. The van der Waals surface area contributed by atoms with Gasteiger partial charge in [0.25, 0.3) is 0 Å². The Morgan fingerprint density at radius 1 is 1.10 bits per heavy atom. The van der Waals surface area contributed by atoms with E-state index < -0.39 is 0 Å². The molecule has 0 N–H and O–H groups in total. The third-order valence-corrected chi connectivity index (χ3v) is 7.18. The summed E-state index contributed by atoms with van der Waals surface area (Å²) in [6.45, 7) is 7.32. The van der Waals surface area contributed by atoms with Crippen LogP contribution in [0.5, 0.6) is 0 Å². The summed E-state index contributed by atoms with van der Waals surface area (Å²) < 4.78 is 0. The first-order chi connectivity index (χ1) is 9.98. The molecule has 21 heavy (non-hydrogen) atoms. The van der Waals surface area contributed by atoms with E-state index in [-0.39, 0.29) is 5.41 Å². The van der Waals surface area contributed by atoms with Crippen molar-refractivity contribution in [2.24, 2.45) is 11.8 Å². The molecule has 116 valence electrons. The molecule has 3 unspecified atom stereocenters. The van der Waals surface area contributed by atoms with Crippen molar-refractivity contribution in [3.05, 3.63) is 35.4 Å². The smallest absolute Gasteiger partial charge is 0.0184 e. The quantitative estimate of drug-likeness (QED) is 0.552. The van der Waals surface area contributed by atoms with E-state index in [0.717, 1.165) is 17.8 Å². The van der Waals surface area contributed by atoms with Crippen molar-refractivity contribution in [1.82, 2.24) is 0 Å². The van der Waals surface area contributed by atoms with Gasteiger partial charge in [-0.05, 0) is 60.0 Å². The minimum Gasteiger partial charge on any atom is -0.0887 e. The van der Waals surface area contributed by atoms with Crippen molar-refractivity contribution in [2.75, 3.05) is 0 Å². The zero-order chi connectivity index (χ0) is 15.0. The topological polar surface area (TPSA) is 0 Å². The fraction of sp³-hybridized carbons (Fsp3) is 0.700. The summed E-state index contributed by atoms with van der Waals surface area (Å²) in [7, 11) is 0. The van der Waals surface area contributed by atoms with Gasteiger partial charge in [0.1, 0.15) is 0 Å². The van der Waals surface area contributed by atoms with E-state index in [1.165, 1.54) is 38.5 Å². The molecule has 1 heteroatoms. The van der Waals surface area contributed by atoms with Gasteiger partial charge in [0.05, 0.1) is 0 Å². The molecule has 0 amide bonds. The van der Waals surface area contributed by atoms with Gasteiger partial charge in [0.2, 0.25) is 0 Å². The van der Waals surface area contributed by atoms with E-state index in [0.29, 0.717) is 4.83 Å². The Bertz CT molecular complexity index is 486. The average Bonchev–Trinajstić information content (AvgIpc) is 2.36. The molecular weight excluding hydrogens is 320 g/mol. The van der Waals surface area contributed by atoms with Crippen molar-refractivity contribution in [3.8, 4) is 0 Å². The Morgan fingerprint density at radius 3 is 2.48 bits per heavy atom. The first-order valence-electron chi connectivity index (χ1n) is 8.73. The summed E-state index contributed by atoms with van der Waals surface area (Å²) in [6.07, 6.45) is 8.28. The van der Waals surface area contributed by atoms with Gasteiger partial charge >= 0.3 is 0 Å². The lowest BCUT2D eigenvalue weighted by Crippen LogP contribution is -2.38. The van der Waals surface area contributed by atoms with Gasteiger partial charge in [-0.3, -0.25) is 0 Å². The van der Waals surface area contributed by atoms with Gasteiger partial charge < -0.3 is 0 Å². The molecule has 0 spiro atoms. The maximum Gasteiger partial charge on any atom is 0.0184 e. The van der Waals surface area contributed by atoms with Crippen LogP contribution in [0.3, 0.4) is 0 Å². The second kappa shape index (κ2) is 6.07. The summed E-state index contributed by atoms with van der Waals surface area (Å²) >= 11 is 4.00. The highest BCUT2D eigenvalue weighted by Crippen LogP contribution is 2.46. The van der Waals surface area contributed by atoms with Gasteiger partial charge in [-0.2, -0.15) is 0 Å². The zero-order valence-electron chi connectivity index (χ0n) is 13.7. The van der Waals surface area contributed by atoms with Crippen molar-refractivity contribution in [3.63, 3.8) is 0 Å². The van der Waals surface area contributed by atoms with Crippen LogP contribution in [0.25, 0.3) is 0 Å². The molecule has 2 saturated carbocycles. The van der Waals surface area contributed by atoms with Crippen molar-refractivity contribution < 1.29 is 0 Å². The Hall–Kier alpha value is -0.300. The standard InChI is InChI=1S/C20H29Br/c1-14-10-11-18(19(21)12-14)20(2,3)17-9-5-8-16(13-17)15-6-4-7-15/h5,8-9,13-15,18-19H,4,6-7,10-12H2,1-3H3. The molecule has 2 aliphatic rings. The van der Waals surface area contributed by atoms with Gasteiger partial charge in [-0.25, -0.2) is 0 Å². The molecule has 0 bridgehead atoms. The Labute approximate surface area is 138 Å². The molecular formula is C20H29Br. The van der Waals surface area contributed by atoms with Crippen molar-refractivity contribution in [2.45, 2.75) is 75.5 Å². The zero-order valence-corrected chi connectivity index (χ0v) is 15.3. The van der Waals surface area contributed by atoms with Crippen molar-refractivity contribution in [1.29, 1.82) is 0 Å². The van der Waals surface area contributed by atoms with Crippen LogP contribution in [-0.4, -0.2) is 4.83 Å². The summed E-state index contributed by atoms with van der Waals surface area (Å²) in [4.78, 5) is 0.670. The van der Waals surface area contributed by atoms with Crippen LogP contribution < -0.4 is 0 Å². The third-order valence-electron chi connectivity index (χ3n) is 6.17. The number of hydrogen-bond acceptors (Lipinski definition) is 0. The second-order valence-corrected chi connectivity index (χ2v) is 9.19. The SMILES string of the molecule is CC1CCC(C(C)(C)c2cccc(C3CCC3)c2)C(Br)C1. The highest BCUT2D eigenvalue weighted by molar-refractivity contribution is 9.09. The van der Waals surface area contributed by atoms with E-state index in [1.807, 2.05) is 0 Å². The molecule has 1 aromatic rings. The predicted octanol–water partition coefficient (Wildman–Crippen LogP) is 6.43. The Balaban J connectivity index is 1.83. The molecule has 2 fully saturated rings. The molecule has 0 aliphatic heterocycles. The molecule has 3 rings (SSSR count). The van der Waals surface area contributed by atoms with Crippen LogP contribution in [0, 0.1) is 11.8 Å². The number of hydrogen-bond donors (Lipinski definition) is 0. The van der Waals surface area contributed by atoms with E-state index in [1.54, 1.807) is 11.1 Å². The Morgan fingerprint density at radius 2 is 1.86 bits per heavy atom. The maximum absolute atomic E-state index is 4.00. The van der Waals surface area contributed by atoms with E-state index in [4.69, 9.17) is 0 Å². The van der Waals surface area contributed by atoms with E-state index in [9.17, 15) is 0 Å². The third kappa shape index (κ3) is 3.09. The lowest BCUT2D eigenvalue weighted by atomic mass is 9.65. The van der Waals surface area contributed by atoms with Gasteiger partial charge in [-0.1, -0.05) is 73.8 Å². The number of benzene rings is 1. The Kier molecular flexibility index (Phi) is 4.50. The molecule has 1 aromatic carbocycles. The first-order valence-corrected chi connectivity index (χ1v) is 9.64. The molecule has 3 atom stereocenters. The molecule has 0 radical (unpaired) electrons. The van der Waals surface area contributed by atoms with Crippen molar-refractivity contribution >= 4 is 15.9 Å². The summed E-state index contributed by atoms with van der Waals surface area (Å²) in [5.74, 6) is 2.47. The molecule has 2 aliphatic carbocycles. The van der Waals surface area contributed by atoms with Crippen LogP contribution >= 0.6 is 15.9 Å². The lowest BCUT2D eigenvalue weighted by Gasteiger charge is -2.43. The van der Waals surface area contributed by atoms with Crippen LogP contribution in [0.4, 0.5) is 0 Å². The van der Waals surface area contributed by atoms with Gasteiger partial charge in [0.15, 0.2) is 0 Å². The monoisotopic (exact) mass is 348 g/mol. The summed E-state index contributed by atoms with van der Waals surface area (Å²) in [6, 6.07) is 9.51. The summed E-state index contributed by atoms with van der Waals surface area (Å²) in [5.41, 5.74) is 3.41. The fourth-order valence-corrected chi connectivity index (χ4v) is 5.84. The fourth-order valence-electron chi connectivity index (χ4n) is 4.27. The second-order valence-electron chi connectivity index (χ2n) is 8.02. The average molecular weight is 349 g/mol. The minimum absolute atomic E-state index is 0.272. The largest absolute Gasteiger partial charge is 0.0887 e. The number of rotatable bonds is 3. The highest BCUT2D eigenvalue weighted by atomic mass is 79.9. The normalized spacial score (nSPS) is 31.0. The highest BCUT2D eigenvalue weighted by Gasteiger charge is 2.39. The number of alkyl halides is 1. The molecule has 0 aromatic heterocycles. The van der Waals surface area contributed by atoms with E-state index >= 15 is 0 Å². The van der Waals surface area contributed by atoms with Crippen LogP contribution in [0.1, 0.15) is 76.3 Å². The molecule has 0 saturated heterocycles. The first kappa shape index (κ1) is 15.6. The van der Waals surface area contributed by atoms with Crippen LogP contribution in [-0.2, 0) is 5.41 Å². The lowest BCUT2D eigenvalue weighted by molar-refractivity contribution is 0.214. The molecule has 0 heterocycles. The molecule has 0 nitrogen and oxygen atoms in total. The van der Waals surface area contributed by atoms with Crippen LogP contribution in [0.2, 0.25) is 0 Å².